The molecule has 1 atom stereocenters. The van der Waals surface area contributed by atoms with Crippen molar-refractivity contribution in [3.05, 3.63) is 36.5 Å². The number of carbonyl (C=O) groups excluding carboxylic acids is 1. The summed E-state index contributed by atoms with van der Waals surface area (Å²) in [7, 11) is 0. The average molecular weight is 312 g/mol. The second kappa shape index (κ2) is 6.00. The first-order valence-electron chi connectivity index (χ1n) is 8.65. The quantitative estimate of drug-likeness (QED) is 0.869. The maximum atomic E-state index is 12.2. The van der Waals surface area contributed by atoms with E-state index in [0.717, 1.165) is 52.1 Å². The SMILES string of the molecule is O=C1CCC2(CCOC2)CN1CCCn1ccc2ccccc21. The molecule has 1 amide bonds. The van der Waals surface area contributed by atoms with Gasteiger partial charge in [-0.2, -0.15) is 0 Å². The molecule has 23 heavy (non-hydrogen) atoms. The number of benzene rings is 1. The number of aryl methyl sites for hydroxylation is 1. The summed E-state index contributed by atoms with van der Waals surface area (Å²) in [5.41, 5.74) is 1.52. The fraction of sp³-hybridized carbons (Fsp3) is 0.526. The number of para-hydroxylation sites is 1. The maximum Gasteiger partial charge on any atom is 0.222 e. The lowest BCUT2D eigenvalue weighted by atomic mass is 9.79. The van der Waals surface area contributed by atoms with Crippen molar-refractivity contribution in [3.8, 4) is 0 Å². The van der Waals surface area contributed by atoms with E-state index in [9.17, 15) is 4.79 Å². The van der Waals surface area contributed by atoms with E-state index in [1.807, 2.05) is 0 Å². The van der Waals surface area contributed by atoms with Crippen LogP contribution in [0.25, 0.3) is 10.9 Å². The van der Waals surface area contributed by atoms with E-state index in [-0.39, 0.29) is 5.41 Å². The highest BCUT2D eigenvalue weighted by Gasteiger charge is 2.41. The van der Waals surface area contributed by atoms with Crippen LogP contribution in [0.2, 0.25) is 0 Å². The molecule has 1 unspecified atom stereocenters. The Balaban J connectivity index is 1.37. The normalized spacial score (nSPS) is 24.9. The average Bonchev–Trinajstić information content (AvgIpc) is 3.19. The second-order valence-electron chi connectivity index (χ2n) is 7.04. The van der Waals surface area contributed by atoms with Gasteiger partial charge >= 0.3 is 0 Å². The van der Waals surface area contributed by atoms with E-state index < -0.39 is 0 Å². The van der Waals surface area contributed by atoms with Gasteiger partial charge in [0.05, 0.1) is 6.61 Å². The van der Waals surface area contributed by atoms with Crippen LogP contribution in [0.3, 0.4) is 0 Å². The monoisotopic (exact) mass is 312 g/mol. The molecule has 122 valence electrons. The molecule has 2 aromatic rings. The molecule has 0 N–H and O–H groups in total. The number of amides is 1. The number of rotatable bonds is 4. The van der Waals surface area contributed by atoms with Gasteiger partial charge < -0.3 is 14.2 Å². The standard InChI is InChI=1S/C19H24N2O2/c22-18-6-8-19(9-13-23-15-19)14-21(18)11-3-10-20-12-7-16-4-1-2-5-17(16)20/h1-2,4-5,7,12H,3,6,8-11,13-15H2. The van der Waals surface area contributed by atoms with Crippen molar-refractivity contribution in [2.45, 2.75) is 32.2 Å². The van der Waals surface area contributed by atoms with E-state index in [2.05, 4.69) is 46.0 Å². The minimum absolute atomic E-state index is 0.244. The number of carbonyl (C=O) groups is 1. The minimum Gasteiger partial charge on any atom is -0.381 e. The molecule has 0 bridgehead atoms. The van der Waals surface area contributed by atoms with Gasteiger partial charge in [-0.05, 0) is 36.8 Å². The van der Waals surface area contributed by atoms with Crippen LogP contribution in [-0.4, -0.2) is 41.7 Å². The lowest BCUT2D eigenvalue weighted by Crippen LogP contribution is -2.47. The van der Waals surface area contributed by atoms with Crippen molar-refractivity contribution in [1.82, 2.24) is 9.47 Å². The first-order valence-corrected chi connectivity index (χ1v) is 8.65. The molecule has 0 saturated carbocycles. The highest BCUT2D eigenvalue weighted by molar-refractivity contribution is 5.80. The number of fused-ring (bicyclic) bond motifs is 1. The lowest BCUT2D eigenvalue weighted by Gasteiger charge is -2.39. The van der Waals surface area contributed by atoms with Crippen LogP contribution in [0.15, 0.2) is 36.5 Å². The molecule has 4 nitrogen and oxygen atoms in total. The molecule has 4 rings (SSSR count). The topological polar surface area (TPSA) is 34.5 Å². The summed E-state index contributed by atoms with van der Waals surface area (Å²) < 4.78 is 7.88. The summed E-state index contributed by atoms with van der Waals surface area (Å²) >= 11 is 0. The maximum absolute atomic E-state index is 12.2. The smallest absolute Gasteiger partial charge is 0.222 e. The summed E-state index contributed by atoms with van der Waals surface area (Å²) in [4.78, 5) is 14.3. The largest absolute Gasteiger partial charge is 0.381 e. The highest BCUT2D eigenvalue weighted by atomic mass is 16.5. The first-order chi connectivity index (χ1) is 11.3. The minimum atomic E-state index is 0.244. The number of likely N-dealkylation sites (tertiary alicyclic amines) is 1. The van der Waals surface area contributed by atoms with Crippen molar-refractivity contribution >= 4 is 16.8 Å². The molecule has 2 fully saturated rings. The molecule has 0 aliphatic carbocycles. The van der Waals surface area contributed by atoms with Crippen LogP contribution < -0.4 is 0 Å². The molecule has 1 aromatic carbocycles. The van der Waals surface area contributed by atoms with Gasteiger partial charge in [0.2, 0.25) is 5.91 Å². The van der Waals surface area contributed by atoms with Crippen LogP contribution in [0, 0.1) is 5.41 Å². The molecule has 3 heterocycles. The Morgan fingerprint density at radius 2 is 2.04 bits per heavy atom. The van der Waals surface area contributed by atoms with Gasteiger partial charge in [-0.25, -0.2) is 0 Å². The van der Waals surface area contributed by atoms with Crippen LogP contribution in [0.1, 0.15) is 25.7 Å². The predicted molar refractivity (Wildman–Crippen MR) is 90.2 cm³/mol. The zero-order chi connectivity index (χ0) is 15.7. The van der Waals surface area contributed by atoms with Gasteiger partial charge in [-0.3, -0.25) is 4.79 Å². The van der Waals surface area contributed by atoms with Crippen molar-refractivity contribution < 1.29 is 9.53 Å². The van der Waals surface area contributed by atoms with Gasteiger partial charge in [0, 0.05) is 49.8 Å². The highest BCUT2D eigenvalue weighted by Crippen LogP contribution is 2.38. The summed E-state index contributed by atoms with van der Waals surface area (Å²) in [5.74, 6) is 0.319. The van der Waals surface area contributed by atoms with Gasteiger partial charge in [-0.1, -0.05) is 18.2 Å². The summed E-state index contributed by atoms with van der Waals surface area (Å²) in [6, 6.07) is 10.6. The molecule has 0 radical (unpaired) electrons. The first kappa shape index (κ1) is 14.8. The molecule has 4 heteroatoms. The third-order valence-electron chi connectivity index (χ3n) is 5.44. The zero-order valence-corrected chi connectivity index (χ0v) is 13.5. The number of hydrogen-bond donors (Lipinski definition) is 0. The third-order valence-corrected chi connectivity index (χ3v) is 5.44. The number of aromatic nitrogens is 1. The van der Waals surface area contributed by atoms with Crippen molar-refractivity contribution in [3.63, 3.8) is 0 Å². The second-order valence-corrected chi connectivity index (χ2v) is 7.04. The molecular formula is C19H24N2O2. The Bertz CT molecular complexity index is 700. The lowest BCUT2D eigenvalue weighted by molar-refractivity contribution is -0.137. The fourth-order valence-corrected chi connectivity index (χ4v) is 4.04. The number of ether oxygens (including phenoxy) is 1. The Morgan fingerprint density at radius 1 is 1.13 bits per heavy atom. The van der Waals surface area contributed by atoms with E-state index in [4.69, 9.17) is 4.74 Å². The van der Waals surface area contributed by atoms with Crippen molar-refractivity contribution in [2.24, 2.45) is 5.41 Å². The summed E-state index contributed by atoms with van der Waals surface area (Å²) in [6.07, 6.45) is 5.95. The van der Waals surface area contributed by atoms with E-state index in [1.54, 1.807) is 0 Å². The Labute approximate surface area is 137 Å². The van der Waals surface area contributed by atoms with Crippen LogP contribution in [0.5, 0.6) is 0 Å². The van der Waals surface area contributed by atoms with Crippen molar-refractivity contribution in [2.75, 3.05) is 26.3 Å². The van der Waals surface area contributed by atoms with Gasteiger partial charge in [0.1, 0.15) is 0 Å². The third kappa shape index (κ3) is 2.88. The zero-order valence-electron chi connectivity index (χ0n) is 13.5. The van der Waals surface area contributed by atoms with Crippen LogP contribution >= 0.6 is 0 Å². The Morgan fingerprint density at radius 3 is 2.91 bits per heavy atom. The van der Waals surface area contributed by atoms with E-state index >= 15 is 0 Å². The molecule has 2 saturated heterocycles. The van der Waals surface area contributed by atoms with E-state index in [1.165, 1.54) is 10.9 Å². The molecule has 1 spiro atoms. The van der Waals surface area contributed by atoms with Crippen molar-refractivity contribution in [1.29, 1.82) is 0 Å². The van der Waals surface area contributed by atoms with Crippen LogP contribution in [-0.2, 0) is 16.1 Å². The van der Waals surface area contributed by atoms with Gasteiger partial charge in [0.25, 0.3) is 0 Å². The number of piperidine rings is 1. The van der Waals surface area contributed by atoms with E-state index in [0.29, 0.717) is 12.3 Å². The predicted octanol–water partition coefficient (Wildman–Crippen LogP) is 3.06. The molecule has 1 aromatic heterocycles. The van der Waals surface area contributed by atoms with Gasteiger partial charge in [0.15, 0.2) is 0 Å². The summed E-state index contributed by atoms with van der Waals surface area (Å²) in [6.45, 7) is 4.39. The molecular weight excluding hydrogens is 288 g/mol. The summed E-state index contributed by atoms with van der Waals surface area (Å²) in [5, 5.41) is 1.28. The fourth-order valence-electron chi connectivity index (χ4n) is 4.04. The molecule has 2 aliphatic rings. The molecule has 2 aliphatic heterocycles. The Hall–Kier alpha value is -1.81. The van der Waals surface area contributed by atoms with Gasteiger partial charge in [-0.15, -0.1) is 0 Å². The number of nitrogens with zero attached hydrogens (tertiary/aromatic N) is 2. The Kier molecular flexibility index (Phi) is 3.85. The van der Waals surface area contributed by atoms with Crippen LogP contribution in [0.4, 0.5) is 0 Å². The number of hydrogen-bond acceptors (Lipinski definition) is 2.